The highest BCUT2D eigenvalue weighted by atomic mass is 16.2. The number of nitrogens with zero attached hydrogens (tertiary/aromatic N) is 2. The molecule has 0 spiro atoms. The number of hydrogen-bond donors (Lipinski definition) is 1. The summed E-state index contributed by atoms with van der Waals surface area (Å²) in [5, 5.41) is 3.17. The average molecular weight is 356 g/mol. The molecular formula is C22H33N3O. The zero-order valence-electron chi connectivity index (χ0n) is 17.1. The normalized spacial score (nSPS) is 24.9. The van der Waals surface area contributed by atoms with Crippen molar-refractivity contribution in [2.45, 2.75) is 34.6 Å². The molecule has 1 saturated heterocycles. The Kier molecular flexibility index (Phi) is 5.16. The zero-order valence-corrected chi connectivity index (χ0v) is 17.1. The molecule has 142 valence electrons. The molecule has 4 nitrogen and oxygen atoms in total. The van der Waals surface area contributed by atoms with Crippen LogP contribution >= 0.6 is 0 Å². The lowest BCUT2D eigenvalue weighted by atomic mass is 10.1. The molecule has 1 aliphatic heterocycles. The third-order valence-electron chi connectivity index (χ3n) is 6.04. The van der Waals surface area contributed by atoms with Gasteiger partial charge in [0.15, 0.2) is 0 Å². The first-order valence-corrected chi connectivity index (χ1v) is 9.70. The summed E-state index contributed by atoms with van der Waals surface area (Å²) in [6.07, 6.45) is 2.24. The van der Waals surface area contributed by atoms with Crippen molar-refractivity contribution in [1.29, 1.82) is 0 Å². The summed E-state index contributed by atoms with van der Waals surface area (Å²) < 4.78 is 0. The van der Waals surface area contributed by atoms with Crippen LogP contribution in [-0.4, -0.2) is 44.0 Å². The highest BCUT2D eigenvalue weighted by Crippen LogP contribution is 2.59. The molecule has 0 aromatic heterocycles. The quantitative estimate of drug-likeness (QED) is 0.832. The van der Waals surface area contributed by atoms with Crippen LogP contribution in [0.15, 0.2) is 29.8 Å². The Morgan fingerprint density at radius 3 is 2.42 bits per heavy atom. The van der Waals surface area contributed by atoms with E-state index < -0.39 is 0 Å². The number of aryl methyl sites for hydroxylation is 1. The fourth-order valence-electron chi connectivity index (χ4n) is 4.11. The highest BCUT2D eigenvalue weighted by Gasteiger charge is 2.60. The molecule has 1 aliphatic carbocycles. The van der Waals surface area contributed by atoms with Crippen molar-refractivity contribution in [3.8, 4) is 0 Å². The van der Waals surface area contributed by atoms with E-state index in [1.54, 1.807) is 0 Å². The van der Waals surface area contributed by atoms with Gasteiger partial charge in [-0.2, -0.15) is 0 Å². The van der Waals surface area contributed by atoms with E-state index in [2.05, 4.69) is 81.1 Å². The number of allylic oxidation sites excluding steroid dienone is 2. The van der Waals surface area contributed by atoms with Crippen molar-refractivity contribution in [3.63, 3.8) is 0 Å². The maximum atomic E-state index is 12.8. The standard InChI is InChI=1S/C22H33N3O/c1-15(2)13-18-20(22(18,4)5)21(26)23-19-8-7-17(14-16(19)3)25-11-9-24(6)10-12-25/h7-8,13-14,18,20H,9-12H2,1-6H3,(H,23,26)/t18-,20+/m0/s1. The lowest BCUT2D eigenvalue weighted by molar-refractivity contribution is -0.118. The SMILES string of the molecule is CC(C)=C[C@H]1[C@H](C(=O)Nc2ccc(N3CCN(C)CC3)cc2C)C1(C)C. The number of rotatable bonds is 4. The van der Waals surface area contributed by atoms with Gasteiger partial charge in [0.25, 0.3) is 0 Å². The summed E-state index contributed by atoms with van der Waals surface area (Å²) in [5.74, 6) is 0.555. The minimum atomic E-state index is 0.0506. The van der Waals surface area contributed by atoms with Crippen molar-refractivity contribution < 1.29 is 4.79 Å². The number of nitrogens with one attached hydrogen (secondary N) is 1. The van der Waals surface area contributed by atoms with E-state index in [1.165, 1.54) is 11.3 Å². The van der Waals surface area contributed by atoms with Crippen LogP contribution in [0.1, 0.15) is 33.3 Å². The largest absolute Gasteiger partial charge is 0.369 e. The lowest BCUT2D eigenvalue weighted by Gasteiger charge is -2.34. The Hall–Kier alpha value is -1.81. The van der Waals surface area contributed by atoms with Crippen molar-refractivity contribution in [3.05, 3.63) is 35.4 Å². The first-order chi connectivity index (χ1) is 12.2. The summed E-state index contributed by atoms with van der Waals surface area (Å²) in [6, 6.07) is 6.40. The third-order valence-corrected chi connectivity index (χ3v) is 6.04. The number of carbonyl (C=O) groups is 1. The number of carbonyl (C=O) groups excluding carboxylic acids is 1. The minimum absolute atomic E-state index is 0.0506. The molecule has 1 heterocycles. The van der Waals surface area contributed by atoms with Gasteiger partial charge in [-0.05, 0) is 62.9 Å². The summed E-state index contributed by atoms with van der Waals surface area (Å²) >= 11 is 0. The molecule has 1 aromatic rings. The summed E-state index contributed by atoms with van der Waals surface area (Å²) in [7, 11) is 2.17. The van der Waals surface area contributed by atoms with Crippen molar-refractivity contribution in [2.75, 3.05) is 43.4 Å². The maximum absolute atomic E-state index is 12.8. The van der Waals surface area contributed by atoms with Gasteiger partial charge in [0, 0.05) is 37.6 Å². The van der Waals surface area contributed by atoms with Gasteiger partial charge in [-0.15, -0.1) is 0 Å². The Bertz CT molecular complexity index is 710. The molecule has 26 heavy (non-hydrogen) atoms. The zero-order chi connectivity index (χ0) is 19.1. The maximum Gasteiger partial charge on any atom is 0.228 e. The van der Waals surface area contributed by atoms with E-state index in [0.29, 0.717) is 5.92 Å². The first-order valence-electron chi connectivity index (χ1n) is 9.70. The molecule has 0 radical (unpaired) electrons. The van der Waals surface area contributed by atoms with E-state index in [1.807, 2.05) is 0 Å². The molecule has 1 saturated carbocycles. The van der Waals surface area contributed by atoms with Crippen LogP contribution in [0.25, 0.3) is 0 Å². The molecule has 1 N–H and O–H groups in total. The number of hydrogen-bond acceptors (Lipinski definition) is 3. The molecule has 0 unspecified atom stereocenters. The molecule has 1 amide bonds. The number of piperazine rings is 1. The van der Waals surface area contributed by atoms with Crippen LogP contribution in [0.3, 0.4) is 0 Å². The smallest absolute Gasteiger partial charge is 0.228 e. The number of amides is 1. The molecule has 1 aromatic carbocycles. The van der Waals surface area contributed by atoms with Crippen LogP contribution in [0.5, 0.6) is 0 Å². The molecule has 2 atom stereocenters. The van der Waals surface area contributed by atoms with E-state index >= 15 is 0 Å². The van der Waals surface area contributed by atoms with E-state index in [9.17, 15) is 4.79 Å². The van der Waals surface area contributed by atoms with Gasteiger partial charge in [-0.1, -0.05) is 25.5 Å². The van der Waals surface area contributed by atoms with Gasteiger partial charge in [-0.3, -0.25) is 4.79 Å². The van der Waals surface area contributed by atoms with Crippen molar-refractivity contribution >= 4 is 17.3 Å². The predicted molar refractivity (Wildman–Crippen MR) is 110 cm³/mol. The second-order valence-electron chi connectivity index (χ2n) is 8.85. The van der Waals surface area contributed by atoms with E-state index in [-0.39, 0.29) is 17.2 Å². The Morgan fingerprint density at radius 2 is 1.85 bits per heavy atom. The third kappa shape index (κ3) is 3.80. The summed E-state index contributed by atoms with van der Waals surface area (Å²) in [5.41, 5.74) is 4.65. The Balaban J connectivity index is 1.67. The number of anilines is 2. The van der Waals surface area contributed by atoms with Gasteiger partial charge < -0.3 is 15.1 Å². The fraction of sp³-hybridized carbons (Fsp3) is 0.591. The highest BCUT2D eigenvalue weighted by molar-refractivity contribution is 5.96. The van der Waals surface area contributed by atoms with Gasteiger partial charge >= 0.3 is 0 Å². The van der Waals surface area contributed by atoms with Crippen LogP contribution < -0.4 is 10.2 Å². The van der Waals surface area contributed by atoms with E-state index in [4.69, 9.17) is 0 Å². The molecule has 4 heteroatoms. The van der Waals surface area contributed by atoms with Gasteiger partial charge in [0.05, 0.1) is 5.92 Å². The first kappa shape index (κ1) is 19.0. The van der Waals surface area contributed by atoms with Gasteiger partial charge in [0.2, 0.25) is 5.91 Å². The predicted octanol–water partition coefficient (Wildman–Crippen LogP) is 3.92. The van der Waals surface area contributed by atoms with Crippen molar-refractivity contribution in [2.24, 2.45) is 17.3 Å². The number of likely N-dealkylation sites (N-methyl/N-ethyl adjacent to an activating group) is 1. The Labute approximate surface area is 158 Å². The topological polar surface area (TPSA) is 35.6 Å². The van der Waals surface area contributed by atoms with Gasteiger partial charge in [-0.25, -0.2) is 0 Å². The van der Waals surface area contributed by atoms with Crippen LogP contribution in [-0.2, 0) is 4.79 Å². The Morgan fingerprint density at radius 1 is 1.19 bits per heavy atom. The minimum Gasteiger partial charge on any atom is -0.369 e. The lowest BCUT2D eigenvalue weighted by Crippen LogP contribution is -2.44. The number of benzene rings is 1. The van der Waals surface area contributed by atoms with Gasteiger partial charge in [0.1, 0.15) is 0 Å². The fourth-order valence-corrected chi connectivity index (χ4v) is 4.11. The molecule has 3 rings (SSSR count). The second kappa shape index (κ2) is 7.07. The van der Waals surface area contributed by atoms with E-state index in [0.717, 1.165) is 37.4 Å². The van der Waals surface area contributed by atoms with Crippen LogP contribution in [0, 0.1) is 24.2 Å². The molecule has 2 fully saturated rings. The molecule has 0 bridgehead atoms. The summed E-state index contributed by atoms with van der Waals surface area (Å²) in [6.45, 7) is 15.0. The molecular weight excluding hydrogens is 322 g/mol. The average Bonchev–Trinajstić information content (AvgIpc) is 3.09. The van der Waals surface area contributed by atoms with Crippen LogP contribution in [0.4, 0.5) is 11.4 Å². The summed E-state index contributed by atoms with van der Waals surface area (Å²) in [4.78, 5) is 17.6. The monoisotopic (exact) mass is 355 g/mol. The second-order valence-corrected chi connectivity index (χ2v) is 8.85. The molecule has 2 aliphatic rings. The van der Waals surface area contributed by atoms with Crippen molar-refractivity contribution in [1.82, 2.24) is 4.90 Å². The van der Waals surface area contributed by atoms with Crippen LogP contribution in [0.2, 0.25) is 0 Å².